The topological polar surface area (TPSA) is 252 Å². The van der Waals surface area contributed by atoms with Crippen LogP contribution in [0.4, 0.5) is 22.7 Å². The summed E-state index contributed by atoms with van der Waals surface area (Å²) in [6.45, 7) is 21.4. The number of ether oxygens (including phenoxy) is 1. The van der Waals surface area contributed by atoms with Crippen molar-refractivity contribution >= 4 is 111 Å². The first-order valence-electron chi connectivity index (χ1n) is 29.0. The molecule has 0 saturated carbocycles. The van der Waals surface area contributed by atoms with Crippen LogP contribution in [0.15, 0.2) is 71.4 Å². The summed E-state index contributed by atoms with van der Waals surface area (Å²) in [5.41, 5.74) is 14.6. The first kappa shape index (κ1) is 71.2. The Hall–Kier alpha value is -6.32. The predicted molar refractivity (Wildman–Crippen MR) is 341 cm³/mol. The van der Waals surface area contributed by atoms with E-state index in [-0.39, 0.29) is 91.8 Å². The van der Waals surface area contributed by atoms with Gasteiger partial charge in [-0.1, -0.05) is 71.5 Å². The minimum atomic E-state index is -1.12. The van der Waals surface area contributed by atoms with Crippen molar-refractivity contribution in [2.75, 3.05) is 32.7 Å². The van der Waals surface area contributed by atoms with Crippen molar-refractivity contribution in [1.82, 2.24) is 10.6 Å². The molecule has 18 nitrogen and oxygen atoms in total. The molecule has 4 aliphatic rings. The highest BCUT2D eigenvalue weighted by Crippen LogP contribution is 2.44. The molecule has 2 unspecified atom stereocenters. The maximum Gasteiger partial charge on any atom is 0.302 e. The summed E-state index contributed by atoms with van der Waals surface area (Å²) < 4.78 is 4.61. The van der Waals surface area contributed by atoms with E-state index < -0.39 is 46.8 Å². The number of thiophene rings is 2. The Morgan fingerprint density at radius 1 is 0.612 bits per heavy atom. The number of carbonyl (C=O) groups excluding carboxylic acids is 9. The van der Waals surface area contributed by atoms with Crippen LogP contribution in [0.25, 0.3) is 0 Å². The average molecular weight is 1230 g/mol. The molecule has 4 aromatic rings. The standard InChI is InChI=1S/2C29H38N4O4S.C5H10O2.CH4.ClH/c2*1-18(2)14-22(31-28(37)29(3,4)30)24(34)16-20-15-19-8-5-10-23(32-12-6-11-25(32)35)26(19)33(27(20)36)17-21-9-7-13-38-21;1-4(2)7-5(3)6;;/h2*5,7-10,13,18,20,22H,6,11-12,14-17,30H2,1-4H3,(H,31,37);4H,1-3H3;1H4;1H/t2*20?,22-;;;/m11.../s1. The van der Waals surface area contributed by atoms with E-state index in [0.29, 0.717) is 64.7 Å². The summed E-state index contributed by atoms with van der Waals surface area (Å²) in [5, 5.41) is 9.60. The third-order valence-electron chi connectivity index (χ3n) is 14.7. The molecule has 0 radical (unpaired) electrons. The molecule has 0 bridgehead atoms. The molecule has 4 atom stereocenters. The number of Topliss-reactive ketones (excluding diaryl/α,β-unsaturated/α-hetero) is 2. The van der Waals surface area contributed by atoms with Crippen LogP contribution in [0.2, 0.25) is 0 Å². The van der Waals surface area contributed by atoms with E-state index in [2.05, 4.69) is 15.4 Å². The lowest BCUT2D eigenvalue weighted by molar-refractivity contribution is -0.144. The fourth-order valence-corrected chi connectivity index (χ4v) is 12.1. The third-order valence-corrected chi connectivity index (χ3v) is 16.4. The lowest BCUT2D eigenvalue weighted by Gasteiger charge is -2.37. The van der Waals surface area contributed by atoms with Crippen LogP contribution < -0.4 is 41.7 Å². The molecule has 2 fully saturated rings. The summed E-state index contributed by atoms with van der Waals surface area (Å²) in [6, 6.07) is 18.1. The van der Waals surface area contributed by atoms with Gasteiger partial charge in [0.15, 0.2) is 11.6 Å². The quantitative estimate of drug-likeness (QED) is 0.0569. The zero-order valence-electron chi connectivity index (χ0n) is 50.6. The number of carbonyl (C=O) groups is 9. The number of amides is 6. The zero-order valence-corrected chi connectivity index (χ0v) is 53.1. The second-order valence-corrected chi connectivity index (χ2v) is 26.5. The number of rotatable bonds is 21. The molecular formula is C64H91ClN8O10S2. The number of nitrogens with one attached hydrogen (secondary N) is 2. The molecule has 2 saturated heterocycles. The predicted octanol–water partition coefficient (Wildman–Crippen LogP) is 9.63. The van der Waals surface area contributed by atoms with Crippen LogP contribution in [0.3, 0.4) is 0 Å². The first-order chi connectivity index (χ1) is 39.0. The maximum atomic E-state index is 14.0. The van der Waals surface area contributed by atoms with Gasteiger partial charge >= 0.3 is 5.97 Å². The van der Waals surface area contributed by atoms with Crippen molar-refractivity contribution in [2.45, 2.75) is 190 Å². The SMILES string of the molecule is C.CC(=O)OC(C)C.CC(C)C[C@@H](NC(=O)C(C)(C)N)C(=O)CC1Cc2cccc(N3CCCC3=O)c2N(Cc2cccs2)C1=O.CC(C)C[C@@H](NC(=O)C(C)(C)N)C(=O)CC1Cc2cccc(N3CCCC3=O)c2N(Cc2cccs2)C1=O.Cl. The second-order valence-electron chi connectivity index (χ2n) is 24.4. The van der Waals surface area contributed by atoms with E-state index in [1.54, 1.807) is 70.0 Å². The van der Waals surface area contributed by atoms with Crippen molar-refractivity contribution in [2.24, 2.45) is 35.1 Å². The smallest absolute Gasteiger partial charge is 0.302 e. The Morgan fingerprint density at radius 3 is 1.26 bits per heavy atom. The fraction of sp³-hybridized carbons (Fsp3) is 0.547. The molecule has 466 valence electrons. The van der Waals surface area contributed by atoms with Crippen LogP contribution >= 0.6 is 35.1 Å². The number of esters is 1. The molecule has 0 spiro atoms. The van der Waals surface area contributed by atoms with Gasteiger partial charge in [0.25, 0.3) is 0 Å². The van der Waals surface area contributed by atoms with E-state index in [9.17, 15) is 43.2 Å². The fourth-order valence-electron chi connectivity index (χ4n) is 10.7. The summed E-state index contributed by atoms with van der Waals surface area (Å²) in [4.78, 5) is 125. The van der Waals surface area contributed by atoms with Gasteiger partial charge in [-0.15, -0.1) is 35.1 Å². The minimum absolute atomic E-state index is 0. The van der Waals surface area contributed by atoms with Gasteiger partial charge < -0.3 is 46.4 Å². The number of halogens is 1. The monoisotopic (exact) mass is 1230 g/mol. The largest absolute Gasteiger partial charge is 0.463 e. The van der Waals surface area contributed by atoms with Crippen molar-refractivity contribution < 1.29 is 47.9 Å². The normalized spacial score (nSPS) is 17.4. The van der Waals surface area contributed by atoms with Gasteiger partial charge in [0.2, 0.25) is 35.4 Å². The Kier molecular flexibility index (Phi) is 26.3. The molecular weight excluding hydrogens is 1140 g/mol. The van der Waals surface area contributed by atoms with E-state index in [1.807, 2.05) is 113 Å². The summed E-state index contributed by atoms with van der Waals surface area (Å²) >= 11 is 3.13. The molecule has 0 aliphatic carbocycles. The van der Waals surface area contributed by atoms with Gasteiger partial charge in [-0.05, 0) is 138 Å². The Morgan fingerprint density at radius 2 is 0.988 bits per heavy atom. The number of fused-ring (bicyclic) bond motifs is 2. The van der Waals surface area contributed by atoms with E-state index >= 15 is 0 Å². The van der Waals surface area contributed by atoms with Crippen LogP contribution in [0.5, 0.6) is 0 Å². The first-order valence-corrected chi connectivity index (χ1v) is 30.7. The van der Waals surface area contributed by atoms with Crippen molar-refractivity contribution in [3.05, 3.63) is 92.3 Å². The molecule has 6 amide bonds. The molecule has 4 aliphatic heterocycles. The summed E-state index contributed by atoms with van der Waals surface area (Å²) in [6.07, 6.45) is 4.41. The van der Waals surface area contributed by atoms with Crippen LogP contribution in [-0.4, -0.2) is 95.3 Å². The Labute approximate surface area is 516 Å². The number of para-hydroxylation sites is 2. The van der Waals surface area contributed by atoms with Crippen molar-refractivity contribution in [1.29, 1.82) is 0 Å². The van der Waals surface area contributed by atoms with Crippen LogP contribution in [0.1, 0.15) is 156 Å². The van der Waals surface area contributed by atoms with Gasteiger partial charge in [0.1, 0.15) is 0 Å². The summed E-state index contributed by atoms with van der Waals surface area (Å²) in [7, 11) is 0. The third kappa shape index (κ3) is 19.3. The molecule has 8 rings (SSSR count). The number of hydrogen-bond donors (Lipinski definition) is 4. The molecule has 85 heavy (non-hydrogen) atoms. The number of nitrogens with zero attached hydrogens (tertiary/aromatic N) is 4. The lowest BCUT2D eigenvalue weighted by atomic mass is 9.85. The molecule has 2 aromatic heterocycles. The van der Waals surface area contributed by atoms with Crippen LogP contribution in [0, 0.1) is 23.7 Å². The van der Waals surface area contributed by atoms with Crippen molar-refractivity contribution in [3.63, 3.8) is 0 Å². The van der Waals surface area contributed by atoms with E-state index in [0.717, 1.165) is 56.5 Å². The molecule has 2 aromatic carbocycles. The Bertz CT molecular complexity index is 2780. The number of anilines is 4. The van der Waals surface area contributed by atoms with Gasteiger partial charge in [-0.2, -0.15) is 0 Å². The molecule has 21 heteroatoms. The van der Waals surface area contributed by atoms with E-state index in [4.69, 9.17) is 11.5 Å². The van der Waals surface area contributed by atoms with Gasteiger partial charge in [-0.25, -0.2) is 0 Å². The second kappa shape index (κ2) is 31.4. The van der Waals surface area contributed by atoms with Gasteiger partial charge in [0, 0.05) is 67.3 Å². The lowest BCUT2D eigenvalue weighted by Crippen LogP contribution is -2.54. The number of benzene rings is 2. The number of ketones is 2. The van der Waals surface area contributed by atoms with E-state index in [1.165, 1.54) is 6.92 Å². The molecule has 6 N–H and O–H groups in total. The van der Waals surface area contributed by atoms with Gasteiger partial charge in [0.05, 0.1) is 65.1 Å². The Balaban J connectivity index is 0.000000321. The highest BCUT2D eigenvalue weighted by Gasteiger charge is 2.42. The highest BCUT2D eigenvalue weighted by atomic mass is 35.5. The van der Waals surface area contributed by atoms with Gasteiger partial charge in [-0.3, -0.25) is 43.2 Å². The average Bonchev–Trinajstić information content (AvgIpc) is 3.86. The molecule has 6 heterocycles. The maximum absolute atomic E-state index is 14.0. The zero-order chi connectivity index (χ0) is 61.1. The summed E-state index contributed by atoms with van der Waals surface area (Å²) in [5.74, 6) is -2.24. The van der Waals surface area contributed by atoms with Crippen LogP contribution in [-0.2, 0) is 73.8 Å². The number of hydrogen-bond acceptors (Lipinski definition) is 14. The highest BCUT2D eigenvalue weighted by molar-refractivity contribution is 7.10. The minimum Gasteiger partial charge on any atom is -0.463 e. The van der Waals surface area contributed by atoms with Crippen molar-refractivity contribution in [3.8, 4) is 0 Å². The number of nitrogens with two attached hydrogens (primary N) is 2.